The van der Waals surface area contributed by atoms with Crippen LogP contribution in [-0.4, -0.2) is 52.6 Å². The molecule has 1 aliphatic heterocycles. The van der Waals surface area contributed by atoms with Crippen molar-refractivity contribution in [3.05, 3.63) is 48.9 Å². The Morgan fingerprint density at radius 1 is 1.24 bits per heavy atom. The number of nitrogens with zero attached hydrogens (tertiary/aromatic N) is 5. The van der Waals surface area contributed by atoms with Crippen LogP contribution in [0.1, 0.15) is 6.42 Å². The predicted molar refractivity (Wildman–Crippen MR) is 110 cm³/mol. The van der Waals surface area contributed by atoms with Gasteiger partial charge in [0.05, 0.1) is 11.9 Å². The van der Waals surface area contributed by atoms with Gasteiger partial charge in [-0.15, -0.1) is 0 Å². The van der Waals surface area contributed by atoms with E-state index in [-0.39, 0.29) is 6.03 Å². The standard InChI is InChI=1S/C20H23N7O2/c1-29-12-2-10-26-14-16(13-23-26)24-18-7-8-21-19(25-18)15-3-5-17(6-4-15)27-11-9-22-20(27)28/h3-8,13-14H,2,9-12H2,1H3,(H,22,28)(H,21,24,25). The van der Waals surface area contributed by atoms with E-state index in [9.17, 15) is 4.79 Å². The number of anilines is 3. The second-order valence-corrected chi connectivity index (χ2v) is 6.66. The highest BCUT2D eigenvalue weighted by molar-refractivity contribution is 5.94. The highest BCUT2D eigenvalue weighted by Crippen LogP contribution is 2.23. The molecule has 1 aliphatic rings. The number of nitrogens with one attached hydrogen (secondary N) is 2. The van der Waals surface area contributed by atoms with E-state index < -0.39 is 0 Å². The van der Waals surface area contributed by atoms with Crippen LogP contribution in [0.15, 0.2) is 48.9 Å². The topological polar surface area (TPSA) is 97.2 Å². The van der Waals surface area contributed by atoms with E-state index in [1.165, 1.54) is 0 Å². The highest BCUT2D eigenvalue weighted by Gasteiger charge is 2.20. The number of aryl methyl sites for hydroxylation is 1. The van der Waals surface area contributed by atoms with E-state index in [1.54, 1.807) is 24.4 Å². The lowest BCUT2D eigenvalue weighted by Gasteiger charge is -2.14. The molecule has 150 valence electrons. The van der Waals surface area contributed by atoms with Gasteiger partial charge in [0.1, 0.15) is 5.82 Å². The van der Waals surface area contributed by atoms with Crippen LogP contribution >= 0.6 is 0 Å². The van der Waals surface area contributed by atoms with E-state index >= 15 is 0 Å². The molecule has 4 rings (SSSR count). The van der Waals surface area contributed by atoms with Crippen LogP contribution in [0.4, 0.5) is 22.0 Å². The van der Waals surface area contributed by atoms with Crippen LogP contribution < -0.4 is 15.5 Å². The van der Waals surface area contributed by atoms with Crippen LogP contribution in [0.3, 0.4) is 0 Å². The number of carbonyl (C=O) groups excluding carboxylic acids is 1. The second-order valence-electron chi connectivity index (χ2n) is 6.66. The van der Waals surface area contributed by atoms with Crippen molar-refractivity contribution in [2.24, 2.45) is 0 Å². The molecule has 1 fully saturated rings. The molecule has 2 aromatic heterocycles. The fraction of sp³-hybridized carbons (Fsp3) is 0.300. The van der Waals surface area contributed by atoms with Gasteiger partial charge in [-0.05, 0) is 36.8 Å². The number of carbonyl (C=O) groups is 1. The van der Waals surface area contributed by atoms with Gasteiger partial charge < -0.3 is 15.4 Å². The molecule has 3 heterocycles. The minimum atomic E-state index is -0.0667. The quantitative estimate of drug-likeness (QED) is 0.571. The van der Waals surface area contributed by atoms with Crippen molar-refractivity contribution < 1.29 is 9.53 Å². The van der Waals surface area contributed by atoms with Gasteiger partial charge in [-0.2, -0.15) is 5.10 Å². The maximum absolute atomic E-state index is 11.8. The third-order valence-electron chi connectivity index (χ3n) is 4.59. The molecule has 2 N–H and O–H groups in total. The number of benzene rings is 1. The number of aromatic nitrogens is 4. The summed E-state index contributed by atoms with van der Waals surface area (Å²) in [4.78, 5) is 22.5. The second kappa shape index (κ2) is 8.70. The molecule has 0 saturated carbocycles. The van der Waals surface area contributed by atoms with E-state index in [0.717, 1.165) is 29.9 Å². The zero-order valence-electron chi connectivity index (χ0n) is 16.2. The molecule has 3 aromatic rings. The summed E-state index contributed by atoms with van der Waals surface area (Å²) in [5.74, 6) is 1.30. The number of urea groups is 1. The monoisotopic (exact) mass is 393 g/mol. The first kappa shape index (κ1) is 18.9. The maximum Gasteiger partial charge on any atom is 0.321 e. The Morgan fingerprint density at radius 3 is 2.86 bits per heavy atom. The zero-order valence-corrected chi connectivity index (χ0v) is 16.2. The summed E-state index contributed by atoms with van der Waals surface area (Å²) < 4.78 is 6.94. The molecule has 0 atom stereocenters. The summed E-state index contributed by atoms with van der Waals surface area (Å²) >= 11 is 0. The number of methoxy groups -OCH3 is 1. The molecule has 0 bridgehead atoms. The van der Waals surface area contributed by atoms with Gasteiger partial charge in [0.15, 0.2) is 5.82 Å². The van der Waals surface area contributed by atoms with E-state index in [1.807, 2.05) is 41.2 Å². The van der Waals surface area contributed by atoms with Gasteiger partial charge in [0.25, 0.3) is 0 Å². The number of hydrogen-bond acceptors (Lipinski definition) is 6. The first-order valence-electron chi connectivity index (χ1n) is 9.50. The average molecular weight is 393 g/mol. The molecule has 9 heteroatoms. The predicted octanol–water partition coefficient (Wildman–Crippen LogP) is 2.65. The number of hydrogen-bond donors (Lipinski definition) is 2. The zero-order chi connectivity index (χ0) is 20.1. The summed E-state index contributed by atoms with van der Waals surface area (Å²) in [5, 5.41) is 10.4. The lowest BCUT2D eigenvalue weighted by molar-refractivity contribution is 0.189. The lowest BCUT2D eigenvalue weighted by Crippen LogP contribution is -2.27. The highest BCUT2D eigenvalue weighted by atomic mass is 16.5. The molecule has 0 radical (unpaired) electrons. The Kier molecular flexibility index (Phi) is 5.66. The number of rotatable bonds is 8. The van der Waals surface area contributed by atoms with Crippen LogP contribution in [0, 0.1) is 0 Å². The third kappa shape index (κ3) is 4.52. The first-order chi connectivity index (χ1) is 14.2. The van der Waals surface area contributed by atoms with E-state index in [4.69, 9.17) is 4.74 Å². The SMILES string of the molecule is COCCCn1cc(Nc2ccnc(-c3ccc(N4CCNC4=O)cc3)n2)cn1. The Hall–Kier alpha value is -3.46. The van der Waals surface area contributed by atoms with Crippen LogP contribution in [0.25, 0.3) is 11.4 Å². The molecule has 9 nitrogen and oxygen atoms in total. The molecule has 0 spiro atoms. The van der Waals surface area contributed by atoms with E-state index in [0.29, 0.717) is 31.3 Å². The maximum atomic E-state index is 11.8. The number of ether oxygens (including phenoxy) is 1. The van der Waals surface area contributed by atoms with Crippen molar-refractivity contribution in [1.29, 1.82) is 0 Å². The third-order valence-corrected chi connectivity index (χ3v) is 4.59. The Balaban J connectivity index is 1.44. The molecule has 1 saturated heterocycles. The summed E-state index contributed by atoms with van der Waals surface area (Å²) in [6.07, 6.45) is 6.33. The van der Waals surface area contributed by atoms with Crippen LogP contribution in [0.2, 0.25) is 0 Å². The first-order valence-corrected chi connectivity index (χ1v) is 9.50. The van der Waals surface area contributed by atoms with Gasteiger partial charge in [0, 0.05) is 57.0 Å². The molecule has 29 heavy (non-hydrogen) atoms. The average Bonchev–Trinajstić information content (AvgIpc) is 3.37. The summed E-state index contributed by atoms with van der Waals surface area (Å²) in [5.41, 5.74) is 2.61. The van der Waals surface area contributed by atoms with Gasteiger partial charge in [-0.1, -0.05) is 0 Å². The van der Waals surface area contributed by atoms with Crippen molar-refractivity contribution in [3.63, 3.8) is 0 Å². The minimum Gasteiger partial charge on any atom is -0.385 e. The Morgan fingerprint density at radius 2 is 2.10 bits per heavy atom. The van der Waals surface area contributed by atoms with Crippen molar-refractivity contribution >= 4 is 23.2 Å². The fourth-order valence-corrected chi connectivity index (χ4v) is 3.14. The van der Waals surface area contributed by atoms with Crippen molar-refractivity contribution in [3.8, 4) is 11.4 Å². The molecule has 2 amide bonds. The summed E-state index contributed by atoms with van der Waals surface area (Å²) in [6.45, 7) is 2.85. The lowest BCUT2D eigenvalue weighted by atomic mass is 10.2. The Labute approximate surface area is 168 Å². The van der Waals surface area contributed by atoms with Crippen molar-refractivity contribution in [2.75, 3.05) is 37.0 Å². The van der Waals surface area contributed by atoms with Gasteiger partial charge in [0.2, 0.25) is 0 Å². The smallest absolute Gasteiger partial charge is 0.321 e. The molecular weight excluding hydrogens is 370 g/mol. The molecular formula is C20H23N7O2. The fourth-order valence-electron chi connectivity index (χ4n) is 3.14. The molecule has 0 unspecified atom stereocenters. The molecule has 1 aromatic carbocycles. The largest absolute Gasteiger partial charge is 0.385 e. The summed E-state index contributed by atoms with van der Waals surface area (Å²) in [6, 6.07) is 9.42. The Bertz CT molecular complexity index is 971. The van der Waals surface area contributed by atoms with Gasteiger partial charge in [-0.25, -0.2) is 14.8 Å². The minimum absolute atomic E-state index is 0.0667. The van der Waals surface area contributed by atoms with Gasteiger partial charge >= 0.3 is 6.03 Å². The molecule has 0 aliphatic carbocycles. The summed E-state index contributed by atoms with van der Waals surface area (Å²) in [7, 11) is 1.69. The van der Waals surface area contributed by atoms with Crippen LogP contribution in [0.5, 0.6) is 0 Å². The normalized spacial score (nSPS) is 13.6. The van der Waals surface area contributed by atoms with Gasteiger partial charge in [-0.3, -0.25) is 9.58 Å². The van der Waals surface area contributed by atoms with E-state index in [2.05, 4.69) is 25.7 Å². The van der Waals surface area contributed by atoms with Crippen LogP contribution in [-0.2, 0) is 11.3 Å². The van der Waals surface area contributed by atoms with Crippen molar-refractivity contribution in [2.45, 2.75) is 13.0 Å². The van der Waals surface area contributed by atoms with Crippen molar-refractivity contribution in [1.82, 2.24) is 25.1 Å². The number of amides is 2.